The summed E-state index contributed by atoms with van der Waals surface area (Å²) in [6.45, 7) is 4.85. The molecular weight excluding hydrogens is 524 g/mol. The Morgan fingerprint density at radius 3 is 2.60 bits per heavy atom. The molecule has 0 aliphatic carbocycles. The van der Waals surface area contributed by atoms with Gasteiger partial charge in [0.1, 0.15) is 16.4 Å². The summed E-state index contributed by atoms with van der Waals surface area (Å²) in [5.74, 6) is -0.327. The second-order valence-electron chi connectivity index (χ2n) is 9.17. The van der Waals surface area contributed by atoms with Crippen LogP contribution in [0.25, 0.3) is 32.7 Å². The average molecular weight is 553 g/mol. The van der Waals surface area contributed by atoms with Crippen molar-refractivity contribution in [1.82, 2.24) is 19.9 Å². The summed E-state index contributed by atoms with van der Waals surface area (Å²) in [4.78, 5) is 46.2. The summed E-state index contributed by atoms with van der Waals surface area (Å²) < 4.78 is 1.85. The molecule has 0 bridgehead atoms. The molecule has 4 N–H and O–H groups in total. The van der Waals surface area contributed by atoms with E-state index in [0.717, 1.165) is 38.5 Å². The zero-order chi connectivity index (χ0) is 28.2. The van der Waals surface area contributed by atoms with Gasteiger partial charge in [-0.1, -0.05) is 36.4 Å². The maximum Gasteiger partial charge on any atom is 0.320 e. The van der Waals surface area contributed by atoms with Crippen molar-refractivity contribution in [3.63, 3.8) is 0 Å². The summed E-state index contributed by atoms with van der Waals surface area (Å²) in [5, 5.41) is 8.75. The molecule has 0 spiro atoms. The molecule has 0 unspecified atom stereocenters. The van der Waals surface area contributed by atoms with Crippen molar-refractivity contribution in [3.05, 3.63) is 99.3 Å². The lowest BCUT2D eigenvalue weighted by Gasteiger charge is -2.14. The summed E-state index contributed by atoms with van der Waals surface area (Å²) in [7, 11) is 0. The number of aromatic nitrogens is 3. The molecule has 0 atom stereocenters. The summed E-state index contributed by atoms with van der Waals surface area (Å²) in [6.07, 6.45) is 3.77. The highest BCUT2D eigenvalue weighted by Gasteiger charge is 2.17. The molecule has 0 saturated carbocycles. The van der Waals surface area contributed by atoms with Gasteiger partial charge in [-0.15, -0.1) is 11.3 Å². The van der Waals surface area contributed by atoms with E-state index in [-0.39, 0.29) is 17.0 Å². The largest absolute Gasteiger partial charge is 0.365 e. The number of pyridine rings is 2. The Bertz CT molecular complexity index is 1780. The number of primary amides is 1. The van der Waals surface area contributed by atoms with E-state index in [1.807, 2.05) is 72.3 Å². The molecule has 3 heterocycles. The van der Waals surface area contributed by atoms with E-state index in [9.17, 15) is 14.4 Å². The molecule has 5 rings (SSSR count). The van der Waals surface area contributed by atoms with E-state index in [0.29, 0.717) is 30.7 Å². The third-order valence-electron chi connectivity index (χ3n) is 6.52. The first-order chi connectivity index (χ1) is 19.4. The molecule has 0 radical (unpaired) electrons. The Kier molecular flexibility index (Phi) is 7.70. The van der Waals surface area contributed by atoms with Crippen LogP contribution in [0.15, 0.2) is 77.2 Å². The van der Waals surface area contributed by atoms with E-state index in [4.69, 9.17) is 10.7 Å². The molecule has 9 nitrogen and oxygen atoms in total. The summed E-state index contributed by atoms with van der Waals surface area (Å²) >= 11 is 1.52. The van der Waals surface area contributed by atoms with E-state index < -0.39 is 5.91 Å². The van der Waals surface area contributed by atoms with Gasteiger partial charge in [-0.25, -0.2) is 14.8 Å². The Balaban J connectivity index is 1.57. The standard InChI is InChI=1S/C30H28N6O3S/c1-3-32-30(39)35-26-14-22(29-34-24(17-40-29)19-8-6-5-7-9-19)20(15-33-26)12-18-10-11-21-25(13-18)36(4-2)16-23(27(21)37)28(31)38/h5-11,13-17H,3-4,12H2,1-2H3,(H2,31,38)(H2,32,33,35,39). The summed E-state index contributed by atoms with van der Waals surface area (Å²) in [6, 6.07) is 17.0. The van der Waals surface area contributed by atoms with Gasteiger partial charge in [0.05, 0.1) is 11.2 Å². The number of rotatable bonds is 8. The Morgan fingerprint density at radius 2 is 1.88 bits per heavy atom. The lowest BCUT2D eigenvalue weighted by Crippen LogP contribution is -2.28. The minimum absolute atomic E-state index is 0.0261. The first-order valence-electron chi connectivity index (χ1n) is 12.9. The van der Waals surface area contributed by atoms with Crippen LogP contribution in [0.3, 0.4) is 0 Å². The van der Waals surface area contributed by atoms with Crippen LogP contribution in [0.2, 0.25) is 0 Å². The number of hydrogen-bond acceptors (Lipinski definition) is 6. The SMILES string of the molecule is CCNC(=O)Nc1cc(-c2nc(-c3ccccc3)cs2)c(Cc2ccc3c(=O)c(C(N)=O)cn(CC)c3c2)cn1. The van der Waals surface area contributed by atoms with Gasteiger partial charge >= 0.3 is 6.03 Å². The van der Waals surface area contributed by atoms with E-state index in [1.165, 1.54) is 17.5 Å². The van der Waals surface area contributed by atoms with Gasteiger partial charge in [-0.2, -0.15) is 0 Å². The molecule has 0 aliphatic rings. The van der Waals surface area contributed by atoms with Crippen molar-refractivity contribution in [2.75, 3.05) is 11.9 Å². The first kappa shape index (κ1) is 26.8. The smallest absolute Gasteiger partial charge is 0.320 e. The highest BCUT2D eigenvalue weighted by molar-refractivity contribution is 7.13. The number of urea groups is 1. The van der Waals surface area contributed by atoms with Crippen molar-refractivity contribution in [1.29, 1.82) is 0 Å². The Morgan fingerprint density at radius 1 is 1.07 bits per heavy atom. The number of anilines is 1. The fourth-order valence-corrected chi connectivity index (χ4v) is 5.44. The van der Waals surface area contributed by atoms with E-state index in [1.54, 1.807) is 12.3 Å². The lowest BCUT2D eigenvalue weighted by molar-refractivity contribution is 0.0998. The highest BCUT2D eigenvalue weighted by Crippen LogP contribution is 2.33. The van der Waals surface area contributed by atoms with Gasteiger partial charge in [0.25, 0.3) is 5.91 Å². The fourth-order valence-electron chi connectivity index (χ4n) is 4.55. The topological polar surface area (TPSA) is 132 Å². The number of hydrogen-bond donors (Lipinski definition) is 3. The van der Waals surface area contributed by atoms with Gasteiger partial charge in [0.2, 0.25) is 5.43 Å². The van der Waals surface area contributed by atoms with Crippen molar-refractivity contribution in [2.45, 2.75) is 26.8 Å². The Labute approximate surface area is 234 Å². The predicted octanol–water partition coefficient (Wildman–Crippen LogP) is 5.04. The number of carbonyl (C=O) groups is 2. The number of nitrogens with one attached hydrogen (secondary N) is 2. The van der Waals surface area contributed by atoms with Crippen LogP contribution in [0.4, 0.5) is 10.6 Å². The van der Waals surface area contributed by atoms with Crippen LogP contribution in [-0.2, 0) is 13.0 Å². The number of benzene rings is 2. The molecule has 3 aromatic heterocycles. The lowest BCUT2D eigenvalue weighted by atomic mass is 10.00. The number of carbonyl (C=O) groups excluding carboxylic acids is 2. The van der Waals surface area contributed by atoms with Gasteiger partial charge in [-0.3, -0.25) is 14.9 Å². The van der Waals surface area contributed by atoms with Crippen LogP contribution in [0.5, 0.6) is 0 Å². The molecule has 0 fully saturated rings. The summed E-state index contributed by atoms with van der Waals surface area (Å²) in [5.41, 5.74) is 10.4. The third kappa shape index (κ3) is 5.48. The molecule has 2 aromatic carbocycles. The normalized spacial score (nSPS) is 10.9. The van der Waals surface area contributed by atoms with E-state index in [2.05, 4.69) is 15.6 Å². The number of fused-ring (bicyclic) bond motifs is 1. The molecular formula is C30H28N6O3S. The average Bonchev–Trinajstić information content (AvgIpc) is 3.45. The minimum atomic E-state index is -0.742. The molecule has 5 aromatic rings. The van der Waals surface area contributed by atoms with Gasteiger partial charge in [0, 0.05) is 47.4 Å². The maximum atomic E-state index is 12.9. The Hall–Kier alpha value is -4.83. The number of nitrogens with two attached hydrogens (primary N) is 1. The highest BCUT2D eigenvalue weighted by atomic mass is 32.1. The van der Waals surface area contributed by atoms with Gasteiger partial charge < -0.3 is 15.6 Å². The number of amides is 3. The second kappa shape index (κ2) is 11.5. The second-order valence-corrected chi connectivity index (χ2v) is 10.0. The van der Waals surface area contributed by atoms with Crippen LogP contribution < -0.4 is 21.8 Å². The maximum absolute atomic E-state index is 12.9. The fraction of sp³-hybridized carbons (Fsp3) is 0.167. The van der Waals surface area contributed by atoms with Crippen molar-refractivity contribution < 1.29 is 9.59 Å². The van der Waals surface area contributed by atoms with E-state index >= 15 is 0 Å². The van der Waals surface area contributed by atoms with Crippen LogP contribution in [0.1, 0.15) is 35.3 Å². The third-order valence-corrected chi connectivity index (χ3v) is 7.39. The first-order valence-corrected chi connectivity index (χ1v) is 13.8. The predicted molar refractivity (Wildman–Crippen MR) is 159 cm³/mol. The molecule has 40 heavy (non-hydrogen) atoms. The van der Waals surface area contributed by atoms with Gasteiger partial charge in [0.15, 0.2) is 0 Å². The minimum Gasteiger partial charge on any atom is -0.365 e. The molecule has 202 valence electrons. The quantitative estimate of drug-likeness (QED) is 0.248. The van der Waals surface area contributed by atoms with Crippen LogP contribution in [0, 0.1) is 0 Å². The molecule has 3 amide bonds. The number of nitrogens with zero attached hydrogens (tertiary/aromatic N) is 3. The molecule has 0 aliphatic heterocycles. The zero-order valence-corrected chi connectivity index (χ0v) is 22.9. The van der Waals surface area contributed by atoms with Crippen LogP contribution >= 0.6 is 11.3 Å². The van der Waals surface area contributed by atoms with Crippen molar-refractivity contribution in [2.24, 2.45) is 5.73 Å². The monoisotopic (exact) mass is 552 g/mol. The van der Waals surface area contributed by atoms with Crippen molar-refractivity contribution in [3.8, 4) is 21.8 Å². The number of thiazole rings is 1. The zero-order valence-electron chi connectivity index (χ0n) is 22.1. The van der Waals surface area contributed by atoms with Crippen molar-refractivity contribution >= 4 is 40.0 Å². The molecule has 10 heteroatoms. The number of aryl methyl sites for hydroxylation is 1. The van der Waals surface area contributed by atoms with Gasteiger partial charge in [-0.05, 0) is 49.6 Å². The molecule has 0 saturated heterocycles. The van der Waals surface area contributed by atoms with Crippen LogP contribution in [-0.4, -0.2) is 33.0 Å².